The average Bonchev–Trinajstić information content (AvgIpc) is 2.27. The second-order valence-electron chi connectivity index (χ2n) is 4.84. The summed E-state index contributed by atoms with van der Waals surface area (Å²) in [6, 6.07) is 2.16. The summed E-state index contributed by atoms with van der Waals surface area (Å²) in [5, 5.41) is 11.9. The minimum absolute atomic E-state index is 0.0770. The summed E-state index contributed by atoms with van der Waals surface area (Å²) in [5.74, 6) is 0.348. The maximum absolute atomic E-state index is 11.8. The lowest BCUT2D eigenvalue weighted by Crippen LogP contribution is -2.46. The molecule has 1 amide bonds. The van der Waals surface area contributed by atoms with Gasteiger partial charge < -0.3 is 10.1 Å². The third kappa shape index (κ3) is 2.19. The van der Waals surface area contributed by atoms with E-state index in [0.717, 1.165) is 45.3 Å². The van der Waals surface area contributed by atoms with E-state index in [2.05, 4.69) is 11.4 Å². The number of nitriles is 1. The van der Waals surface area contributed by atoms with Gasteiger partial charge in [0, 0.05) is 13.2 Å². The first kappa shape index (κ1) is 11.4. The van der Waals surface area contributed by atoms with Crippen molar-refractivity contribution < 1.29 is 9.53 Å². The molecule has 0 aromatic rings. The van der Waals surface area contributed by atoms with E-state index in [9.17, 15) is 4.79 Å². The number of hydrogen-bond donors (Lipinski definition) is 1. The van der Waals surface area contributed by atoms with Crippen molar-refractivity contribution >= 4 is 5.91 Å². The molecule has 1 saturated carbocycles. The van der Waals surface area contributed by atoms with Crippen LogP contribution in [0.15, 0.2) is 0 Å². The molecule has 0 aromatic heterocycles. The fraction of sp³-hybridized carbons (Fsp3) is 0.833. The van der Waals surface area contributed by atoms with Gasteiger partial charge in [0.25, 0.3) is 0 Å². The fourth-order valence-electron chi connectivity index (χ4n) is 2.29. The minimum atomic E-state index is -0.713. The maximum Gasteiger partial charge on any atom is 0.240 e. The molecular formula is C12H18N2O2. The van der Waals surface area contributed by atoms with Gasteiger partial charge in [0.05, 0.1) is 12.7 Å². The third-order valence-electron chi connectivity index (χ3n) is 3.66. The Kier molecular flexibility index (Phi) is 3.45. The van der Waals surface area contributed by atoms with Crippen molar-refractivity contribution in [1.82, 2.24) is 5.32 Å². The van der Waals surface area contributed by atoms with Gasteiger partial charge in [-0.3, -0.25) is 4.79 Å². The van der Waals surface area contributed by atoms with E-state index in [1.807, 2.05) is 0 Å². The average molecular weight is 222 g/mol. The first-order valence-corrected chi connectivity index (χ1v) is 6.04. The van der Waals surface area contributed by atoms with E-state index in [-0.39, 0.29) is 5.91 Å². The molecule has 1 saturated heterocycles. The van der Waals surface area contributed by atoms with E-state index in [0.29, 0.717) is 12.5 Å². The molecule has 1 atom stereocenters. The van der Waals surface area contributed by atoms with Crippen LogP contribution in [0, 0.1) is 22.7 Å². The van der Waals surface area contributed by atoms with Crippen molar-refractivity contribution in [2.45, 2.75) is 32.1 Å². The highest BCUT2D eigenvalue weighted by molar-refractivity contribution is 5.86. The van der Waals surface area contributed by atoms with Gasteiger partial charge >= 0.3 is 0 Å². The number of rotatable bonds is 3. The molecule has 0 bridgehead atoms. The largest absolute Gasteiger partial charge is 0.381 e. The first-order chi connectivity index (χ1) is 7.77. The van der Waals surface area contributed by atoms with E-state index in [1.54, 1.807) is 0 Å². The van der Waals surface area contributed by atoms with Crippen LogP contribution >= 0.6 is 0 Å². The lowest BCUT2D eigenvalue weighted by Gasteiger charge is -2.34. The second-order valence-corrected chi connectivity index (χ2v) is 4.84. The van der Waals surface area contributed by atoms with Crippen molar-refractivity contribution in [3.05, 3.63) is 0 Å². The quantitative estimate of drug-likeness (QED) is 0.781. The lowest BCUT2D eigenvalue weighted by atomic mass is 9.69. The van der Waals surface area contributed by atoms with Crippen molar-refractivity contribution in [2.24, 2.45) is 11.3 Å². The Morgan fingerprint density at radius 3 is 2.81 bits per heavy atom. The predicted octanol–water partition coefficient (Wildman–Crippen LogP) is 1.22. The van der Waals surface area contributed by atoms with Crippen LogP contribution in [0.4, 0.5) is 0 Å². The molecule has 88 valence electrons. The highest BCUT2D eigenvalue weighted by atomic mass is 16.5. The smallest absolute Gasteiger partial charge is 0.240 e. The second kappa shape index (κ2) is 4.84. The molecule has 4 nitrogen and oxygen atoms in total. The molecule has 2 aliphatic rings. The molecule has 0 radical (unpaired) electrons. The molecule has 16 heavy (non-hydrogen) atoms. The first-order valence-electron chi connectivity index (χ1n) is 6.04. The lowest BCUT2D eigenvalue weighted by molar-refractivity contribution is -0.132. The molecule has 2 rings (SSSR count). The highest BCUT2D eigenvalue weighted by Crippen LogP contribution is 2.40. The molecule has 1 heterocycles. The topological polar surface area (TPSA) is 62.1 Å². The van der Waals surface area contributed by atoms with Gasteiger partial charge in [-0.1, -0.05) is 0 Å². The fourth-order valence-corrected chi connectivity index (χ4v) is 2.29. The van der Waals surface area contributed by atoms with Crippen molar-refractivity contribution in [3.8, 4) is 6.07 Å². The number of amides is 1. The van der Waals surface area contributed by atoms with Gasteiger partial charge in [-0.05, 0) is 38.0 Å². The van der Waals surface area contributed by atoms with E-state index >= 15 is 0 Å². The van der Waals surface area contributed by atoms with Gasteiger partial charge in [0.2, 0.25) is 5.91 Å². The van der Waals surface area contributed by atoms with E-state index in [1.165, 1.54) is 0 Å². The molecule has 1 aliphatic heterocycles. The summed E-state index contributed by atoms with van der Waals surface area (Å²) < 4.78 is 5.35. The number of nitrogens with zero attached hydrogens (tertiary/aromatic N) is 1. The van der Waals surface area contributed by atoms with Crippen molar-refractivity contribution in [2.75, 3.05) is 19.8 Å². The van der Waals surface area contributed by atoms with Gasteiger partial charge in [-0.15, -0.1) is 0 Å². The molecular weight excluding hydrogens is 204 g/mol. The van der Waals surface area contributed by atoms with Crippen molar-refractivity contribution in [3.63, 3.8) is 0 Å². The van der Waals surface area contributed by atoms with Crippen molar-refractivity contribution in [1.29, 1.82) is 5.26 Å². The summed E-state index contributed by atoms with van der Waals surface area (Å²) in [4.78, 5) is 11.8. The predicted molar refractivity (Wildman–Crippen MR) is 58.4 cm³/mol. The Hall–Kier alpha value is -1.08. The Balaban J connectivity index is 1.77. The SMILES string of the molecule is N#CC1(C(=O)NCC2CCCOC2)CCC1. The molecule has 2 fully saturated rings. The summed E-state index contributed by atoms with van der Waals surface area (Å²) in [5.41, 5.74) is -0.713. The Morgan fingerprint density at radius 1 is 1.50 bits per heavy atom. The monoisotopic (exact) mass is 222 g/mol. The maximum atomic E-state index is 11.8. The molecule has 1 aliphatic carbocycles. The van der Waals surface area contributed by atoms with Crippen LogP contribution in [0.2, 0.25) is 0 Å². The number of carbonyl (C=O) groups is 1. The summed E-state index contributed by atoms with van der Waals surface area (Å²) >= 11 is 0. The van der Waals surface area contributed by atoms with E-state index in [4.69, 9.17) is 10.00 Å². The Bertz CT molecular complexity index is 299. The molecule has 1 unspecified atom stereocenters. The zero-order valence-corrected chi connectivity index (χ0v) is 9.50. The normalized spacial score (nSPS) is 27.6. The van der Waals surface area contributed by atoms with Crippen LogP contribution in [0.1, 0.15) is 32.1 Å². The van der Waals surface area contributed by atoms with Crippen LogP contribution in [0.3, 0.4) is 0 Å². The number of hydrogen-bond acceptors (Lipinski definition) is 3. The zero-order chi connectivity index (χ0) is 11.4. The van der Waals surface area contributed by atoms with Gasteiger partial charge in [-0.25, -0.2) is 0 Å². The van der Waals surface area contributed by atoms with Gasteiger partial charge in [0.15, 0.2) is 0 Å². The Morgan fingerprint density at radius 2 is 2.31 bits per heavy atom. The summed E-state index contributed by atoms with van der Waals surface area (Å²) in [6.45, 7) is 2.23. The summed E-state index contributed by atoms with van der Waals surface area (Å²) in [7, 11) is 0. The molecule has 0 spiro atoms. The van der Waals surface area contributed by atoms with Gasteiger partial charge in [-0.2, -0.15) is 5.26 Å². The van der Waals surface area contributed by atoms with E-state index < -0.39 is 5.41 Å². The van der Waals surface area contributed by atoms with Gasteiger partial charge in [0.1, 0.15) is 5.41 Å². The Labute approximate surface area is 96.0 Å². The molecule has 1 N–H and O–H groups in total. The minimum Gasteiger partial charge on any atom is -0.381 e. The standard InChI is InChI=1S/C12H18N2O2/c13-9-12(4-2-5-12)11(15)14-7-10-3-1-6-16-8-10/h10H,1-8H2,(H,14,15). The van der Waals surface area contributed by atoms with Crippen LogP contribution in [0.5, 0.6) is 0 Å². The highest BCUT2D eigenvalue weighted by Gasteiger charge is 2.44. The van der Waals surface area contributed by atoms with Crippen LogP contribution in [-0.2, 0) is 9.53 Å². The van der Waals surface area contributed by atoms with Crippen LogP contribution < -0.4 is 5.32 Å². The number of carbonyl (C=O) groups excluding carboxylic acids is 1. The number of ether oxygens (including phenoxy) is 1. The summed E-state index contributed by atoms with van der Waals surface area (Å²) in [6.07, 6.45) is 4.62. The number of nitrogens with one attached hydrogen (secondary N) is 1. The third-order valence-corrected chi connectivity index (χ3v) is 3.66. The zero-order valence-electron chi connectivity index (χ0n) is 9.50. The van der Waals surface area contributed by atoms with Crippen LogP contribution in [-0.4, -0.2) is 25.7 Å². The molecule has 0 aromatic carbocycles. The molecule has 4 heteroatoms. The van der Waals surface area contributed by atoms with Crippen LogP contribution in [0.25, 0.3) is 0 Å².